The first-order valence-corrected chi connectivity index (χ1v) is 7.76. The number of rotatable bonds is 3. The van der Waals surface area contributed by atoms with Crippen molar-refractivity contribution in [1.82, 2.24) is 4.90 Å². The highest BCUT2D eigenvalue weighted by Gasteiger charge is 2.33. The molecule has 2 unspecified atom stereocenters. The SMILES string of the molecule is CC(C)(C)OC(=O)N1CCC(C(O)Cc2cccc(F)c2F)C1. The zero-order valence-electron chi connectivity index (χ0n) is 13.7. The lowest BCUT2D eigenvalue weighted by Crippen LogP contribution is -2.36. The summed E-state index contributed by atoms with van der Waals surface area (Å²) in [5.41, 5.74) is -0.424. The highest BCUT2D eigenvalue weighted by atomic mass is 19.2. The van der Waals surface area contributed by atoms with Crippen LogP contribution in [0.4, 0.5) is 13.6 Å². The van der Waals surface area contributed by atoms with Gasteiger partial charge >= 0.3 is 6.09 Å². The molecule has 0 aromatic heterocycles. The highest BCUT2D eigenvalue weighted by molar-refractivity contribution is 5.68. The van der Waals surface area contributed by atoms with Gasteiger partial charge in [0.05, 0.1) is 6.10 Å². The van der Waals surface area contributed by atoms with E-state index in [9.17, 15) is 18.7 Å². The second kappa shape index (κ2) is 6.83. The van der Waals surface area contributed by atoms with Crippen molar-refractivity contribution in [3.8, 4) is 0 Å². The number of hydrogen-bond acceptors (Lipinski definition) is 3. The van der Waals surface area contributed by atoms with Crippen LogP contribution in [0.2, 0.25) is 0 Å². The number of carbonyl (C=O) groups excluding carboxylic acids is 1. The first-order valence-electron chi connectivity index (χ1n) is 7.76. The van der Waals surface area contributed by atoms with E-state index < -0.39 is 29.4 Å². The summed E-state index contributed by atoms with van der Waals surface area (Å²) in [6.07, 6.45) is -0.615. The molecule has 0 saturated carbocycles. The molecule has 0 spiro atoms. The van der Waals surface area contributed by atoms with Gasteiger partial charge in [-0.15, -0.1) is 0 Å². The lowest BCUT2D eigenvalue weighted by atomic mass is 9.95. The number of likely N-dealkylation sites (tertiary alicyclic amines) is 1. The second-order valence-electron chi connectivity index (χ2n) is 6.96. The summed E-state index contributed by atoms with van der Waals surface area (Å²) in [6.45, 7) is 6.22. The minimum absolute atomic E-state index is 0.0242. The molecule has 0 bridgehead atoms. The summed E-state index contributed by atoms with van der Waals surface area (Å²) in [6, 6.07) is 3.93. The van der Waals surface area contributed by atoms with Crippen LogP contribution in [0.5, 0.6) is 0 Å². The normalized spacial score (nSPS) is 19.7. The minimum atomic E-state index is -0.923. The fourth-order valence-corrected chi connectivity index (χ4v) is 2.69. The molecule has 1 fully saturated rings. The third-order valence-electron chi connectivity index (χ3n) is 3.88. The van der Waals surface area contributed by atoms with Crippen LogP contribution in [0.1, 0.15) is 32.8 Å². The Morgan fingerprint density at radius 1 is 1.43 bits per heavy atom. The molecular formula is C17H23F2NO3. The van der Waals surface area contributed by atoms with Crippen molar-refractivity contribution in [1.29, 1.82) is 0 Å². The van der Waals surface area contributed by atoms with Crippen molar-refractivity contribution in [3.63, 3.8) is 0 Å². The van der Waals surface area contributed by atoms with Crippen LogP contribution in [0.25, 0.3) is 0 Å². The molecule has 0 radical (unpaired) electrons. The first-order chi connectivity index (χ1) is 10.7. The molecule has 0 aliphatic carbocycles. The van der Waals surface area contributed by atoms with Gasteiger partial charge in [-0.1, -0.05) is 12.1 Å². The van der Waals surface area contributed by atoms with Crippen LogP contribution in [0.15, 0.2) is 18.2 Å². The van der Waals surface area contributed by atoms with E-state index in [-0.39, 0.29) is 17.9 Å². The maximum Gasteiger partial charge on any atom is 0.410 e. The molecule has 4 nitrogen and oxygen atoms in total. The Labute approximate surface area is 135 Å². The predicted molar refractivity (Wildman–Crippen MR) is 82.0 cm³/mol. The summed E-state index contributed by atoms with van der Waals surface area (Å²) in [7, 11) is 0. The number of halogens is 2. The highest BCUT2D eigenvalue weighted by Crippen LogP contribution is 2.25. The van der Waals surface area contributed by atoms with E-state index in [0.29, 0.717) is 19.5 Å². The Hall–Kier alpha value is -1.69. The number of aliphatic hydroxyl groups excluding tert-OH is 1. The Bertz CT molecular complexity index is 571. The van der Waals surface area contributed by atoms with E-state index in [1.165, 1.54) is 12.1 Å². The molecule has 2 atom stereocenters. The van der Waals surface area contributed by atoms with E-state index in [0.717, 1.165) is 6.07 Å². The third kappa shape index (κ3) is 4.64. The molecule has 1 aromatic carbocycles. The van der Waals surface area contributed by atoms with Crippen LogP contribution < -0.4 is 0 Å². The van der Waals surface area contributed by atoms with Crippen LogP contribution in [-0.2, 0) is 11.2 Å². The average molecular weight is 327 g/mol. The molecule has 1 aliphatic heterocycles. The third-order valence-corrected chi connectivity index (χ3v) is 3.88. The standard InChI is InChI=1S/C17H23F2NO3/c1-17(2,3)23-16(22)20-8-7-12(10-20)14(21)9-11-5-4-6-13(18)15(11)19/h4-6,12,14,21H,7-10H2,1-3H3. The molecule has 23 heavy (non-hydrogen) atoms. The zero-order valence-corrected chi connectivity index (χ0v) is 13.7. The smallest absolute Gasteiger partial charge is 0.410 e. The van der Waals surface area contributed by atoms with Gasteiger partial charge in [-0.05, 0) is 38.8 Å². The molecule has 1 saturated heterocycles. The maximum absolute atomic E-state index is 13.7. The molecule has 1 aromatic rings. The number of aliphatic hydroxyl groups is 1. The summed E-state index contributed by atoms with van der Waals surface area (Å²) in [5.74, 6) is -2.02. The molecule has 1 heterocycles. The van der Waals surface area contributed by atoms with E-state index in [4.69, 9.17) is 4.74 Å². The van der Waals surface area contributed by atoms with Crippen LogP contribution in [0.3, 0.4) is 0 Å². The average Bonchev–Trinajstić information content (AvgIpc) is 2.92. The van der Waals surface area contributed by atoms with Crippen LogP contribution in [-0.4, -0.2) is 40.9 Å². The van der Waals surface area contributed by atoms with Gasteiger partial charge in [0.2, 0.25) is 0 Å². The van der Waals surface area contributed by atoms with Gasteiger partial charge in [-0.3, -0.25) is 0 Å². The summed E-state index contributed by atoms with van der Waals surface area (Å²) in [5, 5.41) is 10.3. The molecule has 128 valence electrons. The lowest BCUT2D eigenvalue weighted by Gasteiger charge is -2.25. The van der Waals surface area contributed by atoms with Gasteiger partial charge in [-0.2, -0.15) is 0 Å². The Balaban J connectivity index is 1.93. The maximum atomic E-state index is 13.7. The Morgan fingerprint density at radius 3 is 2.78 bits per heavy atom. The fraction of sp³-hybridized carbons (Fsp3) is 0.588. The van der Waals surface area contributed by atoms with Gasteiger partial charge in [-0.25, -0.2) is 13.6 Å². The summed E-state index contributed by atoms with van der Waals surface area (Å²) >= 11 is 0. The van der Waals surface area contributed by atoms with Crippen molar-refractivity contribution < 1.29 is 23.4 Å². The second-order valence-corrected chi connectivity index (χ2v) is 6.96. The molecule has 6 heteroatoms. The summed E-state index contributed by atoms with van der Waals surface area (Å²) in [4.78, 5) is 13.5. The van der Waals surface area contributed by atoms with E-state index in [2.05, 4.69) is 0 Å². The fourth-order valence-electron chi connectivity index (χ4n) is 2.69. The molecular weight excluding hydrogens is 304 g/mol. The van der Waals surface area contributed by atoms with E-state index in [1.807, 2.05) is 0 Å². The number of carbonyl (C=O) groups is 1. The number of ether oxygens (including phenoxy) is 1. The zero-order chi connectivity index (χ0) is 17.2. The largest absolute Gasteiger partial charge is 0.444 e. The van der Waals surface area contributed by atoms with Crippen molar-refractivity contribution in [3.05, 3.63) is 35.4 Å². The molecule has 1 aliphatic rings. The van der Waals surface area contributed by atoms with E-state index in [1.54, 1.807) is 25.7 Å². The molecule has 1 amide bonds. The topological polar surface area (TPSA) is 49.8 Å². The van der Waals surface area contributed by atoms with Crippen molar-refractivity contribution in [2.75, 3.05) is 13.1 Å². The number of hydrogen-bond donors (Lipinski definition) is 1. The first kappa shape index (κ1) is 17.7. The number of amides is 1. The molecule has 1 N–H and O–H groups in total. The lowest BCUT2D eigenvalue weighted by molar-refractivity contribution is 0.0268. The number of benzene rings is 1. The summed E-state index contributed by atoms with van der Waals surface area (Å²) < 4.78 is 32.2. The van der Waals surface area contributed by atoms with Crippen molar-refractivity contribution in [2.24, 2.45) is 5.92 Å². The minimum Gasteiger partial charge on any atom is -0.444 e. The number of nitrogens with zero attached hydrogens (tertiary/aromatic N) is 1. The van der Waals surface area contributed by atoms with Gasteiger partial charge in [0.15, 0.2) is 11.6 Å². The van der Waals surface area contributed by atoms with Crippen molar-refractivity contribution >= 4 is 6.09 Å². The molecule has 2 rings (SSSR count). The van der Waals surface area contributed by atoms with Crippen LogP contribution in [0, 0.1) is 17.6 Å². The van der Waals surface area contributed by atoms with Gasteiger partial charge in [0, 0.05) is 25.4 Å². The van der Waals surface area contributed by atoms with Crippen LogP contribution >= 0.6 is 0 Å². The Kier molecular flexibility index (Phi) is 5.24. The van der Waals surface area contributed by atoms with Gasteiger partial charge in [0.25, 0.3) is 0 Å². The van der Waals surface area contributed by atoms with Crippen molar-refractivity contribution in [2.45, 2.75) is 45.3 Å². The van der Waals surface area contributed by atoms with Gasteiger partial charge < -0.3 is 14.7 Å². The Morgan fingerprint density at radius 2 is 2.13 bits per heavy atom. The monoisotopic (exact) mass is 327 g/mol. The predicted octanol–water partition coefficient (Wildman–Crippen LogP) is 3.13. The van der Waals surface area contributed by atoms with E-state index >= 15 is 0 Å². The quantitative estimate of drug-likeness (QED) is 0.928. The van der Waals surface area contributed by atoms with Gasteiger partial charge in [0.1, 0.15) is 5.60 Å².